The van der Waals surface area contributed by atoms with Crippen LogP contribution in [-0.2, 0) is 84.4 Å². The molecule has 147 heavy (non-hydrogen) atoms. The summed E-state index contributed by atoms with van der Waals surface area (Å²) in [4.78, 5) is 105. The van der Waals surface area contributed by atoms with E-state index in [0.29, 0.717) is 110 Å². The zero-order valence-corrected chi connectivity index (χ0v) is 96.5. The summed E-state index contributed by atoms with van der Waals surface area (Å²) in [5, 5.41) is 18.8. The van der Waals surface area contributed by atoms with Crippen LogP contribution >= 0.6 is 59.2 Å². The number of rotatable bonds is 41. The summed E-state index contributed by atoms with van der Waals surface area (Å²) < 4.78 is 122. The molecule has 34 heteroatoms. The van der Waals surface area contributed by atoms with Crippen molar-refractivity contribution in [3.63, 3.8) is 0 Å². The number of ketones is 4. The van der Waals surface area contributed by atoms with Gasteiger partial charge < -0.3 is 38.6 Å². The fourth-order valence-corrected chi connectivity index (χ4v) is 23.6. The topological polar surface area (TPSA) is 345 Å². The van der Waals surface area contributed by atoms with E-state index in [0.717, 1.165) is 119 Å². The predicted octanol–water partition coefficient (Wildman–Crippen LogP) is 22.5. The quantitative estimate of drug-likeness (QED) is 0.0204. The number of sulfonamides is 3. The lowest BCUT2D eigenvalue weighted by Crippen LogP contribution is -2.40. The highest BCUT2D eigenvalue weighted by Crippen LogP contribution is 2.43. The maximum atomic E-state index is 13.4. The largest absolute Gasteiger partial charge is 0.478 e. The zero-order chi connectivity index (χ0) is 110. The van der Waals surface area contributed by atoms with Gasteiger partial charge in [-0.1, -0.05) is 103 Å². The summed E-state index contributed by atoms with van der Waals surface area (Å²) >= 11 is 6.76. The van der Waals surface area contributed by atoms with Gasteiger partial charge in [0.15, 0.2) is 45.5 Å². The molecule has 2 N–H and O–H groups in total. The van der Waals surface area contributed by atoms with Crippen molar-refractivity contribution in [2.24, 2.45) is 47.3 Å². The van der Waals surface area contributed by atoms with Crippen LogP contribution in [0.25, 0.3) is 0 Å². The first kappa shape index (κ1) is 123. The molecule has 3 aliphatic heterocycles. The van der Waals surface area contributed by atoms with E-state index in [-0.39, 0.29) is 91.3 Å². The monoisotopic (exact) mass is 2180 g/mol. The molecule has 0 spiro atoms. The second kappa shape index (κ2) is 54.3. The van der Waals surface area contributed by atoms with Crippen molar-refractivity contribution in [3.8, 4) is 23.0 Å². The highest BCUT2D eigenvalue weighted by molar-refractivity contribution is 7.99. The van der Waals surface area contributed by atoms with Crippen LogP contribution in [0.5, 0.6) is 23.0 Å². The third kappa shape index (κ3) is 34.5. The molecule has 4 aliphatic rings. The highest BCUT2D eigenvalue weighted by Gasteiger charge is 2.46. The fourth-order valence-electron chi connectivity index (χ4n) is 19.3. The van der Waals surface area contributed by atoms with Crippen LogP contribution in [0.1, 0.15) is 222 Å². The molecule has 1 aliphatic carbocycles. The molecule has 3 heterocycles. The lowest BCUT2D eigenvalue weighted by Gasteiger charge is -2.26. The molecule has 8 atom stereocenters. The van der Waals surface area contributed by atoms with Crippen molar-refractivity contribution < 1.29 is 106 Å². The molecular weight excluding hydrogens is 2030 g/mol. The second-order valence-electron chi connectivity index (χ2n) is 40.6. The minimum absolute atomic E-state index is 0.00823. The number of halogens is 1. The Morgan fingerprint density at radius 2 is 0.537 bits per heavy atom. The molecule has 0 amide bonds. The second-order valence-corrected chi connectivity index (χ2v) is 50.3. The summed E-state index contributed by atoms with van der Waals surface area (Å²) in [6.45, 7) is 34.1. The molecule has 804 valence electrons. The maximum Gasteiger partial charge on any atom is 0.349 e. The molecule has 0 aromatic heterocycles. The molecule has 3 unspecified atom stereocenters. The first-order chi connectivity index (χ1) is 68.8. The van der Waals surface area contributed by atoms with Gasteiger partial charge in [0.05, 0.1) is 32.0 Å². The van der Waals surface area contributed by atoms with Crippen molar-refractivity contribution in [3.05, 3.63) is 235 Å². The number of hydrogen-bond donors (Lipinski definition) is 2. The van der Waals surface area contributed by atoms with Gasteiger partial charge in [-0.25, -0.2) is 57.3 Å². The SMILES string of the molecule is CCOC(=O)C(C)(C)Oc1c(C)cc(CC[C@H]2CCCC2C(=O)c2ccc(SC)cc2)cc1C.CCOC(=O)C(C)(C)Oc1c(C)cc(CC[C@H]2CN(S(C)(=O)=O)CC2C(=O)c2ccc(SC)cc2)cc1C.CSF.CSc1ccc(C(=O)C2CN(S(C)(=O)=O)C[C@@H]2CCc2cc(C)c(OC(C)(C)C(=O)O)c(C)c2)cc1.CSc1ccc(C(=O)[C@H]2CN(S(C)(=O)=O)C[C@@H]2CCc2cc(C)c(OC(C)(C)C(=O)O)c(C)c2)cc1. The summed E-state index contributed by atoms with van der Waals surface area (Å²) in [6.07, 6.45) is 22.1. The summed E-state index contributed by atoms with van der Waals surface area (Å²) in [7, 11) is -10.2. The summed E-state index contributed by atoms with van der Waals surface area (Å²) in [6, 6.07) is 46.7. The Morgan fingerprint density at radius 3 is 0.735 bits per heavy atom. The average Bonchev–Trinajstić information content (AvgIpc) is 1.69. The number of esters is 2. The van der Waals surface area contributed by atoms with Crippen molar-refractivity contribution in [1.29, 1.82) is 0 Å². The Hall–Kier alpha value is -9.07. The maximum absolute atomic E-state index is 13.4. The van der Waals surface area contributed by atoms with Gasteiger partial charge in [-0.2, -0.15) is 3.89 Å². The molecule has 0 bridgehead atoms. The molecule has 1 saturated carbocycles. The number of aryl methyl sites for hydroxylation is 12. The van der Waals surface area contributed by atoms with Crippen molar-refractivity contribution in [1.82, 2.24) is 12.9 Å². The van der Waals surface area contributed by atoms with Crippen LogP contribution in [0.2, 0.25) is 0 Å². The zero-order valence-electron chi connectivity index (χ0n) is 90.0. The molecule has 8 aromatic rings. The molecule has 3 saturated heterocycles. The van der Waals surface area contributed by atoms with Gasteiger partial charge in [0.25, 0.3) is 0 Å². The number of carboxylic acid groups (broad SMARTS) is 2. The van der Waals surface area contributed by atoms with Gasteiger partial charge in [-0.05, 0) is 353 Å². The smallest absolute Gasteiger partial charge is 0.349 e. The van der Waals surface area contributed by atoms with Crippen LogP contribution in [-0.4, -0.2) is 220 Å². The van der Waals surface area contributed by atoms with Crippen molar-refractivity contribution in [2.45, 2.75) is 237 Å². The molecular formula is C113H150FN3O22S8. The lowest BCUT2D eigenvalue weighted by molar-refractivity contribution is -0.159. The van der Waals surface area contributed by atoms with Gasteiger partial charge >= 0.3 is 23.9 Å². The van der Waals surface area contributed by atoms with Gasteiger partial charge in [-0.3, -0.25) is 19.2 Å². The number of nitrogens with zero attached hydrogens (tertiary/aromatic N) is 3. The number of Topliss-reactive ketones (excluding diaryl/α,β-unsaturated/α-hetero) is 4. The van der Waals surface area contributed by atoms with Gasteiger partial charge in [0.2, 0.25) is 30.1 Å². The Kier molecular flexibility index (Phi) is 45.4. The van der Waals surface area contributed by atoms with Gasteiger partial charge in [-0.15, -0.1) is 47.0 Å². The third-order valence-corrected chi connectivity index (χ3v) is 34.1. The molecule has 8 aromatic carbocycles. The fraction of sp³-hybridized carbons (Fsp3) is 0.504. The number of ether oxygens (including phenoxy) is 6. The Labute approximate surface area is 893 Å². The molecule has 4 fully saturated rings. The van der Waals surface area contributed by atoms with Crippen molar-refractivity contribution >= 4 is 136 Å². The van der Waals surface area contributed by atoms with E-state index >= 15 is 0 Å². The van der Waals surface area contributed by atoms with Crippen LogP contribution < -0.4 is 18.9 Å². The summed E-state index contributed by atoms with van der Waals surface area (Å²) in [5.74, 6) is -1.06. The molecule has 12 rings (SSSR count). The minimum Gasteiger partial charge on any atom is -0.478 e. The molecule has 25 nitrogen and oxygen atoms in total. The standard InChI is InChI=1S/C29H39NO6S2.C29H38O4S.2C27H35NO6S2.CH3FS/c1-8-35-28(32)29(4,5)36-27-19(2)15-21(16-20(27)3)9-10-23-17-30(38(7,33)34)18-25(23)26(31)22-11-13-24(37-6)14-12-22;1-7-32-28(31)29(4,5)33-27-19(2)17-21(18-20(27)3)11-12-22-9-8-10-25(22)26(30)23-13-15-24(34-6)16-14-23;2*1-17-13-19(14-18(2)25(17)34-27(3,4)26(30)31)7-8-21-15-28(36(6,32)33)16-23(21)24(29)20-9-11-22(35-5)12-10-20;1-3-2/h11-16,23,25H,8-10,17-18H2,1-7H3;13-18,22,25H,7-12H2,1-6H3;2*9-14,21,23H,7-8,15-16H2,1-6H3,(H,30,31);1H3/t23-,25?;22-,25?;21-,23?;21-,23-;/m0100./s1. The Balaban J connectivity index is 0.000000237. The first-order valence-corrected chi connectivity index (χ1v) is 61.1. The number of carbonyl (C=O) groups excluding carboxylic acids is 6. The van der Waals surface area contributed by atoms with E-state index < -0.39 is 82.2 Å². The normalized spacial score (nSPS) is 18.3. The van der Waals surface area contributed by atoms with Crippen LogP contribution in [0.15, 0.2) is 165 Å². The lowest BCUT2D eigenvalue weighted by atomic mass is 9.84. The predicted molar refractivity (Wildman–Crippen MR) is 590 cm³/mol. The highest BCUT2D eigenvalue weighted by atomic mass is 32.2. The number of thioether (sulfide) groups is 4. The van der Waals surface area contributed by atoms with E-state index in [9.17, 15) is 77.7 Å². The number of aliphatic carboxylic acids is 2. The van der Waals surface area contributed by atoms with Crippen LogP contribution in [0, 0.1) is 103 Å². The number of carboxylic acids is 2. The van der Waals surface area contributed by atoms with Gasteiger partial charge in [0.1, 0.15) is 23.0 Å². The number of benzene rings is 8. The Morgan fingerprint density at radius 1 is 0.333 bits per heavy atom. The number of carbonyl (C=O) groups is 8. The average molecular weight is 2180 g/mol. The van der Waals surface area contributed by atoms with Crippen LogP contribution in [0.3, 0.4) is 0 Å². The summed E-state index contributed by atoms with van der Waals surface area (Å²) in [5.41, 5.74) is 9.40. The van der Waals surface area contributed by atoms with Gasteiger partial charge in [0, 0.05) is 123 Å². The van der Waals surface area contributed by atoms with E-state index in [1.807, 2.05) is 214 Å². The number of hydrogen-bond acceptors (Lipinski definition) is 25. The molecule has 0 radical (unpaired) electrons. The van der Waals surface area contributed by atoms with Crippen LogP contribution in [0.4, 0.5) is 3.89 Å². The van der Waals surface area contributed by atoms with E-state index in [1.165, 1.54) is 76.1 Å². The Bertz CT molecular complexity index is 6010. The van der Waals surface area contributed by atoms with Crippen molar-refractivity contribution in [2.75, 3.05) is 103 Å². The first-order valence-electron chi connectivity index (χ1n) is 49.5. The van der Waals surface area contributed by atoms with E-state index in [4.69, 9.17) is 28.4 Å². The third-order valence-electron chi connectivity index (χ3n) is 27.4. The van der Waals surface area contributed by atoms with E-state index in [1.54, 1.807) is 88.6 Å². The minimum atomic E-state index is -3.41. The van der Waals surface area contributed by atoms with E-state index in [2.05, 4.69) is 12.1 Å².